The molecule has 0 aromatic carbocycles. The molecular formula is C13H19N5OS. The third-order valence-corrected chi connectivity index (χ3v) is 3.98. The van der Waals surface area contributed by atoms with Gasteiger partial charge in [-0.25, -0.2) is 4.68 Å². The molecule has 0 saturated heterocycles. The molecule has 0 unspecified atom stereocenters. The maximum atomic E-state index is 5.42. The number of aromatic nitrogens is 5. The summed E-state index contributed by atoms with van der Waals surface area (Å²) in [6.07, 6.45) is 1.84. The molecule has 2 aromatic heterocycles. The Labute approximate surface area is 122 Å². The maximum absolute atomic E-state index is 5.42. The smallest absolute Gasteiger partial charge is 0.209 e. The quantitative estimate of drug-likeness (QED) is 0.789. The molecule has 2 heterocycles. The summed E-state index contributed by atoms with van der Waals surface area (Å²) in [6.45, 7) is 8.13. The Hall–Kier alpha value is -1.63. The molecule has 0 bridgehead atoms. The fourth-order valence-electron chi connectivity index (χ4n) is 1.95. The number of nitrogens with zero attached hydrogens (tertiary/aromatic N) is 5. The monoisotopic (exact) mass is 293 g/mol. The van der Waals surface area contributed by atoms with Crippen LogP contribution in [0.2, 0.25) is 0 Å². The predicted octanol–water partition coefficient (Wildman–Crippen LogP) is 2.57. The van der Waals surface area contributed by atoms with E-state index in [4.69, 9.17) is 4.74 Å². The van der Waals surface area contributed by atoms with E-state index in [2.05, 4.69) is 34.4 Å². The van der Waals surface area contributed by atoms with Gasteiger partial charge in [0.25, 0.3) is 0 Å². The van der Waals surface area contributed by atoms with Gasteiger partial charge < -0.3 is 4.74 Å². The van der Waals surface area contributed by atoms with E-state index >= 15 is 0 Å². The van der Waals surface area contributed by atoms with E-state index in [1.807, 2.05) is 24.7 Å². The molecule has 7 heteroatoms. The van der Waals surface area contributed by atoms with Crippen LogP contribution in [0.15, 0.2) is 11.4 Å². The van der Waals surface area contributed by atoms with Crippen LogP contribution in [0.4, 0.5) is 0 Å². The van der Waals surface area contributed by atoms with Crippen LogP contribution < -0.4 is 4.74 Å². The van der Waals surface area contributed by atoms with Crippen molar-refractivity contribution in [2.75, 3.05) is 7.11 Å². The molecule has 0 aliphatic heterocycles. The topological polar surface area (TPSA) is 65.7 Å². The van der Waals surface area contributed by atoms with E-state index in [1.54, 1.807) is 18.9 Å². The Morgan fingerprint density at radius 3 is 2.75 bits per heavy atom. The van der Waals surface area contributed by atoms with Crippen LogP contribution in [0.3, 0.4) is 0 Å². The zero-order valence-electron chi connectivity index (χ0n) is 12.4. The van der Waals surface area contributed by atoms with Crippen LogP contribution in [-0.2, 0) is 5.75 Å². The molecule has 0 fully saturated rings. The molecule has 0 N–H and O–H groups in total. The maximum Gasteiger partial charge on any atom is 0.209 e. The molecule has 2 aromatic rings. The van der Waals surface area contributed by atoms with Crippen molar-refractivity contribution >= 4 is 11.8 Å². The SMILES string of the molecule is COc1c(C)cnc(CSc2nnnn2C(C)C)c1C. The van der Waals surface area contributed by atoms with Crippen molar-refractivity contribution in [3.8, 4) is 5.75 Å². The van der Waals surface area contributed by atoms with Crippen molar-refractivity contribution in [3.05, 3.63) is 23.0 Å². The Kier molecular flexibility index (Phi) is 4.59. The van der Waals surface area contributed by atoms with E-state index in [9.17, 15) is 0 Å². The number of tetrazole rings is 1. The van der Waals surface area contributed by atoms with Gasteiger partial charge in [0.2, 0.25) is 5.16 Å². The molecule has 0 amide bonds. The second-order valence-corrected chi connectivity index (χ2v) is 5.78. The minimum atomic E-state index is 0.245. The molecule has 0 aliphatic carbocycles. The van der Waals surface area contributed by atoms with Crippen LogP contribution in [0.25, 0.3) is 0 Å². The number of rotatable bonds is 5. The van der Waals surface area contributed by atoms with Gasteiger partial charge in [0.05, 0.1) is 18.8 Å². The van der Waals surface area contributed by atoms with Gasteiger partial charge in [0, 0.05) is 23.1 Å². The molecule has 6 nitrogen and oxygen atoms in total. The third-order valence-electron chi connectivity index (χ3n) is 3.04. The highest BCUT2D eigenvalue weighted by Gasteiger charge is 2.13. The van der Waals surface area contributed by atoms with Gasteiger partial charge in [-0.1, -0.05) is 11.8 Å². The molecule has 108 valence electrons. The van der Waals surface area contributed by atoms with Gasteiger partial charge in [-0.05, 0) is 38.1 Å². The number of ether oxygens (including phenoxy) is 1. The largest absolute Gasteiger partial charge is 0.496 e. The Balaban J connectivity index is 2.17. The van der Waals surface area contributed by atoms with Crippen molar-refractivity contribution in [3.63, 3.8) is 0 Å². The van der Waals surface area contributed by atoms with Crippen molar-refractivity contribution in [1.29, 1.82) is 0 Å². The van der Waals surface area contributed by atoms with Gasteiger partial charge in [-0.3, -0.25) is 4.98 Å². The molecule has 2 rings (SSSR count). The lowest BCUT2D eigenvalue weighted by Gasteiger charge is -2.12. The molecule has 0 spiro atoms. The molecule has 0 atom stereocenters. The first kappa shape index (κ1) is 14.8. The van der Waals surface area contributed by atoms with Crippen LogP contribution >= 0.6 is 11.8 Å². The zero-order chi connectivity index (χ0) is 14.7. The number of hydrogen-bond donors (Lipinski definition) is 0. The average Bonchev–Trinajstić information content (AvgIpc) is 2.87. The number of hydrogen-bond acceptors (Lipinski definition) is 6. The van der Waals surface area contributed by atoms with E-state index in [0.717, 1.165) is 33.5 Å². The van der Waals surface area contributed by atoms with Crippen LogP contribution in [0.5, 0.6) is 5.75 Å². The summed E-state index contributed by atoms with van der Waals surface area (Å²) in [5, 5.41) is 12.6. The van der Waals surface area contributed by atoms with Crippen molar-refractivity contribution < 1.29 is 4.74 Å². The van der Waals surface area contributed by atoms with E-state index in [0.29, 0.717) is 0 Å². The minimum absolute atomic E-state index is 0.245. The van der Waals surface area contributed by atoms with E-state index < -0.39 is 0 Å². The molecule has 20 heavy (non-hydrogen) atoms. The highest BCUT2D eigenvalue weighted by atomic mass is 32.2. The minimum Gasteiger partial charge on any atom is -0.496 e. The third kappa shape index (κ3) is 2.92. The van der Waals surface area contributed by atoms with Gasteiger partial charge in [-0.15, -0.1) is 5.10 Å². The summed E-state index contributed by atoms with van der Waals surface area (Å²) in [4.78, 5) is 4.48. The predicted molar refractivity (Wildman–Crippen MR) is 78.0 cm³/mol. The second kappa shape index (κ2) is 6.21. The summed E-state index contributed by atoms with van der Waals surface area (Å²) in [5.74, 6) is 1.62. The van der Waals surface area contributed by atoms with Gasteiger partial charge >= 0.3 is 0 Å². The molecule has 0 radical (unpaired) electrons. The van der Waals surface area contributed by atoms with Crippen molar-refractivity contribution in [2.45, 2.75) is 44.6 Å². The summed E-state index contributed by atoms with van der Waals surface area (Å²) in [5.41, 5.74) is 3.12. The fourth-order valence-corrected chi connectivity index (χ4v) is 2.98. The summed E-state index contributed by atoms with van der Waals surface area (Å²) >= 11 is 1.58. The number of thioether (sulfide) groups is 1. The Bertz CT molecular complexity index is 596. The number of methoxy groups -OCH3 is 1. The Morgan fingerprint density at radius 2 is 2.10 bits per heavy atom. The summed E-state index contributed by atoms with van der Waals surface area (Å²) < 4.78 is 7.23. The molecule has 0 saturated carbocycles. The average molecular weight is 293 g/mol. The lowest BCUT2D eigenvalue weighted by atomic mass is 10.1. The number of pyridine rings is 1. The Morgan fingerprint density at radius 1 is 1.35 bits per heavy atom. The van der Waals surface area contributed by atoms with Crippen molar-refractivity contribution in [2.24, 2.45) is 0 Å². The second-order valence-electron chi connectivity index (χ2n) is 4.83. The molecular weight excluding hydrogens is 274 g/mol. The van der Waals surface area contributed by atoms with Crippen LogP contribution in [0, 0.1) is 13.8 Å². The van der Waals surface area contributed by atoms with Crippen LogP contribution in [0.1, 0.15) is 36.7 Å². The standard InChI is InChI=1S/C13H19N5OS/c1-8(2)18-13(15-16-17-18)20-7-11-10(4)12(19-5)9(3)6-14-11/h6,8H,7H2,1-5H3. The van der Waals surface area contributed by atoms with E-state index in [-0.39, 0.29) is 6.04 Å². The van der Waals surface area contributed by atoms with Gasteiger partial charge in [0.15, 0.2) is 0 Å². The van der Waals surface area contributed by atoms with Gasteiger partial charge in [-0.2, -0.15) is 0 Å². The lowest BCUT2D eigenvalue weighted by molar-refractivity contribution is 0.407. The lowest BCUT2D eigenvalue weighted by Crippen LogP contribution is -2.05. The zero-order valence-corrected chi connectivity index (χ0v) is 13.2. The van der Waals surface area contributed by atoms with Crippen LogP contribution in [-0.4, -0.2) is 32.3 Å². The first-order valence-corrected chi connectivity index (χ1v) is 7.42. The molecule has 0 aliphatic rings. The summed E-state index contributed by atoms with van der Waals surface area (Å²) in [6, 6.07) is 0.245. The first-order valence-electron chi connectivity index (χ1n) is 6.44. The fraction of sp³-hybridized carbons (Fsp3) is 0.538. The summed E-state index contributed by atoms with van der Waals surface area (Å²) in [7, 11) is 1.69. The van der Waals surface area contributed by atoms with Gasteiger partial charge in [0.1, 0.15) is 5.75 Å². The number of aryl methyl sites for hydroxylation is 1. The highest BCUT2D eigenvalue weighted by molar-refractivity contribution is 7.98. The van der Waals surface area contributed by atoms with Crippen molar-refractivity contribution in [1.82, 2.24) is 25.2 Å². The first-order chi connectivity index (χ1) is 9.54. The normalized spacial score (nSPS) is 11.1. The highest BCUT2D eigenvalue weighted by Crippen LogP contribution is 2.28. The van der Waals surface area contributed by atoms with E-state index in [1.165, 1.54) is 0 Å².